The zero-order chi connectivity index (χ0) is 20.9. The van der Waals surface area contributed by atoms with Gasteiger partial charge in [0.2, 0.25) is 10.0 Å². The van der Waals surface area contributed by atoms with Gasteiger partial charge < -0.3 is 0 Å². The fourth-order valence-corrected chi connectivity index (χ4v) is 5.71. The summed E-state index contributed by atoms with van der Waals surface area (Å²) >= 11 is 0. The van der Waals surface area contributed by atoms with Gasteiger partial charge in [0.05, 0.1) is 10.6 Å². The van der Waals surface area contributed by atoms with Crippen LogP contribution in [0.3, 0.4) is 0 Å². The lowest BCUT2D eigenvalue weighted by atomic mass is 10.1. The first-order valence-corrected chi connectivity index (χ1v) is 11.6. The molecule has 0 radical (unpaired) electrons. The lowest BCUT2D eigenvalue weighted by molar-refractivity contribution is 0.346. The number of aryl methyl sites for hydroxylation is 2. The van der Waals surface area contributed by atoms with Crippen LogP contribution >= 0.6 is 0 Å². The van der Waals surface area contributed by atoms with E-state index in [4.69, 9.17) is 5.10 Å². The summed E-state index contributed by atoms with van der Waals surface area (Å²) in [5.74, 6) is 0.548. The van der Waals surface area contributed by atoms with Gasteiger partial charge in [0.25, 0.3) is 0 Å². The predicted octanol–water partition coefficient (Wildman–Crippen LogP) is 3.74. The third-order valence-electron chi connectivity index (χ3n) is 5.85. The third kappa shape index (κ3) is 2.98. The third-order valence-corrected chi connectivity index (χ3v) is 7.75. The van der Waals surface area contributed by atoms with Crippen LogP contribution in [-0.2, 0) is 10.0 Å². The van der Waals surface area contributed by atoms with Crippen LogP contribution in [0.1, 0.15) is 30.5 Å². The van der Waals surface area contributed by atoms with Crippen molar-refractivity contribution in [3.8, 4) is 11.4 Å². The maximum absolute atomic E-state index is 13.2. The Labute approximate surface area is 175 Å². The number of hydrogen-bond donors (Lipinski definition) is 0. The molecule has 0 N–H and O–H groups in total. The lowest BCUT2D eigenvalue weighted by Gasteiger charge is -2.26. The summed E-state index contributed by atoms with van der Waals surface area (Å²) in [5, 5.41) is 15.5. The van der Waals surface area contributed by atoms with Gasteiger partial charge in [0, 0.05) is 29.4 Å². The van der Waals surface area contributed by atoms with Gasteiger partial charge in [-0.2, -0.15) is 13.9 Å². The molecule has 8 heteroatoms. The van der Waals surface area contributed by atoms with Crippen LogP contribution in [0.15, 0.2) is 47.4 Å². The topological polar surface area (TPSA) is 80.5 Å². The summed E-state index contributed by atoms with van der Waals surface area (Å²) in [6.45, 7) is 5.05. The average molecular weight is 422 g/mol. The van der Waals surface area contributed by atoms with E-state index in [-0.39, 0.29) is 0 Å². The van der Waals surface area contributed by atoms with Crippen molar-refractivity contribution < 1.29 is 8.42 Å². The van der Waals surface area contributed by atoms with Gasteiger partial charge in [-0.15, -0.1) is 10.2 Å². The molecule has 1 aliphatic heterocycles. The van der Waals surface area contributed by atoms with E-state index in [0.717, 1.165) is 46.9 Å². The molecule has 3 heterocycles. The van der Waals surface area contributed by atoms with Crippen molar-refractivity contribution in [2.75, 3.05) is 13.1 Å². The SMILES string of the molecule is Cc1ccc(S(=O)(=O)N2CCCCC2)cc1-c1nnc2c3ccccc3c(C)nn12. The first-order valence-electron chi connectivity index (χ1n) is 10.2. The Bertz CT molecular complexity index is 1370. The molecule has 1 aliphatic rings. The molecule has 2 aromatic heterocycles. The summed E-state index contributed by atoms with van der Waals surface area (Å²) < 4.78 is 29.7. The van der Waals surface area contributed by atoms with Crippen molar-refractivity contribution in [2.45, 2.75) is 38.0 Å². The quantitative estimate of drug-likeness (QED) is 0.503. The highest BCUT2D eigenvalue weighted by Crippen LogP contribution is 2.30. The number of piperidine rings is 1. The van der Waals surface area contributed by atoms with E-state index in [1.165, 1.54) is 0 Å². The van der Waals surface area contributed by atoms with Gasteiger partial charge >= 0.3 is 0 Å². The summed E-state index contributed by atoms with van der Waals surface area (Å²) in [7, 11) is -3.53. The molecule has 30 heavy (non-hydrogen) atoms. The monoisotopic (exact) mass is 421 g/mol. The molecular weight excluding hydrogens is 398 g/mol. The van der Waals surface area contributed by atoms with E-state index in [1.807, 2.05) is 44.2 Å². The zero-order valence-electron chi connectivity index (χ0n) is 17.0. The summed E-state index contributed by atoms with van der Waals surface area (Å²) in [4.78, 5) is 0.291. The number of aromatic nitrogens is 4. The molecule has 0 unspecified atom stereocenters. The summed E-state index contributed by atoms with van der Waals surface area (Å²) in [5.41, 5.74) is 3.18. The number of nitrogens with zero attached hydrogens (tertiary/aromatic N) is 5. The van der Waals surface area contributed by atoms with E-state index < -0.39 is 10.0 Å². The molecule has 0 saturated carbocycles. The minimum atomic E-state index is -3.53. The van der Waals surface area contributed by atoms with Crippen molar-refractivity contribution in [3.63, 3.8) is 0 Å². The molecule has 2 aromatic carbocycles. The fourth-order valence-electron chi connectivity index (χ4n) is 4.16. The van der Waals surface area contributed by atoms with Crippen LogP contribution in [0, 0.1) is 13.8 Å². The van der Waals surface area contributed by atoms with Crippen molar-refractivity contribution >= 4 is 26.4 Å². The maximum atomic E-state index is 13.2. The molecule has 0 atom stereocenters. The Morgan fingerprint density at radius 3 is 2.40 bits per heavy atom. The van der Waals surface area contributed by atoms with Gasteiger partial charge in [-0.05, 0) is 44.4 Å². The van der Waals surface area contributed by atoms with Crippen LogP contribution < -0.4 is 0 Å². The van der Waals surface area contributed by atoms with E-state index in [1.54, 1.807) is 21.0 Å². The largest absolute Gasteiger partial charge is 0.243 e. The van der Waals surface area contributed by atoms with E-state index >= 15 is 0 Å². The molecule has 0 amide bonds. The number of hydrogen-bond acceptors (Lipinski definition) is 5. The minimum Gasteiger partial charge on any atom is -0.207 e. The second-order valence-corrected chi connectivity index (χ2v) is 9.77. The first kappa shape index (κ1) is 19.1. The molecular formula is C22H23N5O2S. The van der Waals surface area contributed by atoms with E-state index in [9.17, 15) is 8.42 Å². The number of sulfonamides is 1. The molecule has 0 spiro atoms. The minimum absolute atomic E-state index is 0.291. The van der Waals surface area contributed by atoms with Gasteiger partial charge in [-0.25, -0.2) is 8.42 Å². The van der Waals surface area contributed by atoms with Crippen LogP contribution in [0.2, 0.25) is 0 Å². The maximum Gasteiger partial charge on any atom is 0.243 e. The van der Waals surface area contributed by atoms with Gasteiger partial charge in [-0.3, -0.25) is 0 Å². The lowest BCUT2D eigenvalue weighted by Crippen LogP contribution is -2.35. The molecule has 4 aromatic rings. The standard InChI is InChI=1S/C22H23N5O2S/c1-15-10-11-17(30(28,29)26-12-6-3-7-13-26)14-20(15)22-24-23-21-19-9-5-4-8-18(19)16(2)25-27(21)22/h4-5,8-11,14H,3,6-7,12-13H2,1-2H3. The molecule has 154 valence electrons. The molecule has 5 rings (SSSR count). The Morgan fingerprint density at radius 1 is 0.900 bits per heavy atom. The van der Waals surface area contributed by atoms with Crippen molar-refractivity contribution in [1.29, 1.82) is 0 Å². The Morgan fingerprint density at radius 2 is 1.63 bits per heavy atom. The Kier molecular flexibility index (Phi) is 4.56. The normalized spacial score (nSPS) is 15.8. The van der Waals surface area contributed by atoms with Crippen LogP contribution in [-0.4, -0.2) is 45.6 Å². The van der Waals surface area contributed by atoms with Gasteiger partial charge in [-0.1, -0.05) is 36.8 Å². The van der Waals surface area contributed by atoms with Gasteiger partial charge in [0.1, 0.15) is 0 Å². The van der Waals surface area contributed by atoms with E-state index in [0.29, 0.717) is 29.5 Å². The fraction of sp³-hybridized carbons (Fsp3) is 0.318. The first-order chi connectivity index (χ1) is 14.5. The number of benzene rings is 2. The van der Waals surface area contributed by atoms with Crippen molar-refractivity contribution in [3.05, 3.63) is 53.7 Å². The Hall–Kier alpha value is -2.84. The predicted molar refractivity (Wildman–Crippen MR) is 116 cm³/mol. The smallest absolute Gasteiger partial charge is 0.207 e. The molecule has 1 saturated heterocycles. The number of rotatable bonds is 3. The summed E-state index contributed by atoms with van der Waals surface area (Å²) in [6, 6.07) is 13.2. The summed E-state index contributed by atoms with van der Waals surface area (Å²) in [6.07, 6.45) is 2.89. The van der Waals surface area contributed by atoms with Gasteiger partial charge in [0.15, 0.2) is 11.5 Å². The molecule has 7 nitrogen and oxygen atoms in total. The Balaban J connectivity index is 1.68. The van der Waals surface area contributed by atoms with Crippen LogP contribution in [0.25, 0.3) is 27.8 Å². The van der Waals surface area contributed by atoms with E-state index in [2.05, 4.69) is 10.2 Å². The molecule has 0 aliphatic carbocycles. The number of fused-ring (bicyclic) bond motifs is 3. The van der Waals surface area contributed by atoms with Crippen molar-refractivity contribution in [1.82, 2.24) is 24.1 Å². The molecule has 0 bridgehead atoms. The van der Waals surface area contributed by atoms with Crippen LogP contribution in [0.4, 0.5) is 0 Å². The van der Waals surface area contributed by atoms with Crippen molar-refractivity contribution in [2.24, 2.45) is 0 Å². The highest BCUT2D eigenvalue weighted by Gasteiger charge is 2.27. The zero-order valence-corrected chi connectivity index (χ0v) is 17.9. The second kappa shape index (κ2) is 7.14. The highest BCUT2D eigenvalue weighted by molar-refractivity contribution is 7.89. The highest BCUT2D eigenvalue weighted by atomic mass is 32.2. The average Bonchev–Trinajstić information content (AvgIpc) is 3.18. The van der Waals surface area contributed by atoms with Crippen LogP contribution in [0.5, 0.6) is 0 Å². The molecule has 1 fully saturated rings. The second-order valence-electron chi connectivity index (χ2n) is 7.83.